The maximum absolute atomic E-state index is 15.6. The standard InChI is InChI=1S/C36H39F2N3O5S/c1-44-32-22-27-29(23-33(32)45-19-7-5-3-2-4-6-8-20-47)40-18-15-30(27)46-31-14-13-26(21-28(31)38)41(25-11-9-24(37)10-12-25)35(43)36(16-17-36)34(39)42/h9-15,18,21-23,47H,2-8,16-17,19-20H2,1H3,(H2,39,42). The normalized spacial score (nSPS) is 13.3. The molecule has 1 heterocycles. The Balaban J connectivity index is 1.33. The molecule has 0 aliphatic heterocycles. The Morgan fingerprint density at radius 3 is 2.17 bits per heavy atom. The molecule has 1 fully saturated rings. The van der Waals surface area contributed by atoms with E-state index >= 15 is 4.39 Å². The van der Waals surface area contributed by atoms with Gasteiger partial charge in [-0.1, -0.05) is 32.1 Å². The molecule has 5 rings (SSSR count). The number of halogens is 2. The average molecular weight is 664 g/mol. The zero-order chi connectivity index (χ0) is 33.4. The number of carbonyl (C=O) groups is 2. The van der Waals surface area contributed by atoms with Crippen LogP contribution in [-0.2, 0) is 9.59 Å². The number of nitrogens with two attached hydrogens (primary N) is 1. The first-order chi connectivity index (χ1) is 22.8. The first-order valence-electron chi connectivity index (χ1n) is 15.9. The van der Waals surface area contributed by atoms with Gasteiger partial charge in [0.25, 0.3) is 0 Å². The maximum Gasteiger partial charge on any atom is 0.247 e. The van der Waals surface area contributed by atoms with Crippen LogP contribution in [0.5, 0.6) is 23.0 Å². The molecular weight excluding hydrogens is 624 g/mol. The van der Waals surface area contributed by atoms with Crippen molar-refractivity contribution >= 4 is 46.7 Å². The van der Waals surface area contributed by atoms with Crippen LogP contribution in [0.25, 0.3) is 10.9 Å². The molecule has 2 N–H and O–H groups in total. The van der Waals surface area contributed by atoms with Gasteiger partial charge >= 0.3 is 0 Å². The quantitative estimate of drug-likeness (QED) is 0.0670. The highest BCUT2D eigenvalue weighted by Crippen LogP contribution is 2.49. The summed E-state index contributed by atoms with van der Waals surface area (Å²) in [5.74, 6) is -0.394. The topological polar surface area (TPSA) is 104 Å². The molecule has 3 aromatic carbocycles. The Hall–Kier alpha value is -4.38. The second-order valence-corrected chi connectivity index (χ2v) is 12.1. The number of thiol groups is 1. The number of primary amides is 1. The second kappa shape index (κ2) is 15.5. The molecule has 1 saturated carbocycles. The van der Waals surface area contributed by atoms with Crippen LogP contribution in [0.2, 0.25) is 0 Å². The number of anilines is 2. The highest BCUT2D eigenvalue weighted by atomic mass is 32.1. The highest BCUT2D eigenvalue weighted by molar-refractivity contribution is 7.80. The van der Waals surface area contributed by atoms with Crippen LogP contribution >= 0.6 is 12.6 Å². The molecule has 0 bridgehead atoms. The highest BCUT2D eigenvalue weighted by Gasteiger charge is 2.57. The van der Waals surface area contributed by atoms with Crippen LogP contribution in [0.15, 0.2) is 66.9 Å². The Morgan fingerprint density at radius 2 is 1.53 bits per heavy atom. The lowest BCUT2D eigenvalue weighted by Crippen LogP contribution is -2.41. The number of carbonyl (C=O) groups excluding carboxylic acids is 2. The molecule has 0 atom stereocenters. The Labute approximate surface area is 278 Å². The van der Waals surface area contributed by atoms with E-state index in [1.54, 1.807) is 31.5 Å². The lowest BCUT2D eigenvalue weighted by Gasteiger charge is -2.26. The van der Waals surface area contributed by atoms with Crippen LogP contribution in [-0.4, -0.2) is 36.3 Å². The van der Waals surface area contributed by atoms with Gasteiger partial charge in [-0.2, -0.15) is 12.6 Å². The van der Waals surface area contributed by atoms with Gasteiger partial charge in [0, 0.05) is 29.4 Å². The fraction of sp³-hybridized carbons (Fsp3) is 0.361. The van der Waals surface area contributed by atoms with E-state index in [-0.39, 0.29) is 30.0 Å². The van der Waals surface area contributed by atoms with Gasteiger partial charge in [0.1, 0.15) is 17.0 Å². The van der Waals surface area contributed by atoms with E-state index in [0.29, 0.717) is 34.8 Å². The zero-order valence-electron chi connectivity index (χ0n) is 26.3. The minimum atomic E-state index is -1.39. The molecule has 8 nitrogen and oxygen atoms in total. The molecule has 0 unspecified atom stereocenters. The first kappa shape index (κ1) is 34.0. The first-order valence-corrected chi connectivity index (χ1v) is 16.5. The summed E-state index contributed by atoms with van der Waals surface area (Å²) in [6, 6.07) is 14.3. The van der Waals surface area contributed by atoms with Gasteiger partial charge in [0.15, 0.2) is 23.1 Å². The van der Waals surface area contributed by atoms with Gasteiger partial charge in [0.2, 0.25) is 11.8 Å². The zero-order valence-corrected chi connectivity index (χ0v) is 27.2. The summed E-state index contributed by atoms with van der Waals surface area (Å²) < 4.78 is 47.0. The molecular formula is C36H39F2N3O5S. The number of fused-ring (bicyclic) bond motifs is 1. The number of amides is 2. The summed E-state index contributed by atoms with van der Waals surface area (Å²) in [4.78, 5) is 31.4. The Morgan fingerprint density at radius 1 is 0.851 bits per heavy atom. The third-order valence-electron chi connectivity index (χ3n) is 8.36. The second-order valence-electron chi connectivity index (χ2n) is 11.7. The number of benzene rings is 3. The van der Waals surface area contributed by atoms with E-state index in [1.165, 1.54) is 67.0 Å². The minimum Gasteiger partial charge on any atom is -0.493 e. The van der Waals surface area contributed by atoms with Crippen molar-refractivity contribution in [3.63, 3.8) is 0 Å². The van der Waals surface area contributed by atoms with Crippen LogP contribution in [0, 0.1) is 17.0 Å². The fourth-order valence-corrected chi connectivity index (χ4v) is 5.70. The molecule has 1 aromatic heterocycles. The summed E-state index contributed by atoms with van der Waals surface area (Å²) in [6.07, 6.45) is 10.1. The summed E-state index contributed by atoms with van der Waals surface area (Å²) in [6.45, 7) is 0.546. The van der Waals surface area contributed by atoms with E-state index in [1.807, 2.05) is 0 Å². The molecule has 4 aromatic rings. The smallest absolute Gasteiger partial charge is 0.247 e. The predicted octanol–water partition coefficient (Wildman–Crippen LogP) is 8.28. The van der Waals surface area contributed by atoms with E-state index in [2.05, 4.69) is 17.6 Å². The van der Waals surface area contributed by atoms with Crippen molar-refractivity contribution in [3.05, 3.63) is 78.5 Å². The van der Waals surface area contributed by atoms with E-state index in [9.17, 15) is 14.0 Å². The molecule has 11 heteroatoms. The van der Waals surface area contributed by atoms with Crippen LogP contribution in [0.4, 0.5) is 20.2 Å². The third-order valence-corrected chi connectivity index (χ3v) is 8.68. The fourth-order valence-electron chi connectivity index (χ4n) is 5.48. The number of hydrogen-bond donors (Lipinski definition) is 2. The van der Waals surface area contributed by atoms with Crippen molar-refractivity contribution < 1.29 is 32.6 Å². The number of pyridine rings is 1. The van der Waals surface area contributed by atoms with Crippen molar-refractivity contribution in [2.75, 3.05) is 24.4 Å². The van der Waals surface area contributed by atoms with Crippen molar-refractivity contribution in [3.8, 4) is 23.0 Å². The molecule has 0 saturated heterocycles. The van der Waals surface area contributed by atoms with E-state index in [4.69, 9.17) is 19.9 Å². The van der Waals surface area contributed by atoms with Crippen LogP contribution in [0.3, 0.4) is 0 Å². The number of ether oxygens (including phenoxy) is 3. The molecule has 2 amide bonds. The molecule has 1 aliphatic rings. The van der Waals surface area contributed by atoms with Gasteiger partial charge in [-0.25, -0.2) is 8.78 Å². The minimum absolute atomic E-state index is 0.103. The predicted molar refractivity (Wildman–Crippen MR) is 181 cm³/mol. The summed E-state index contributed by atoms with van der Waals surface area (Å²) >= 11 is 4.25. The van der Waals surface area contributed by atoms with Gasteiger partial charge in [0.05, 0.1) is 24.9 Å². The van der Waals surface area contributed by atoms with E-state index < -0.39 is 28.9 Å². The number of aromatic nitrogens is 1. The van der Waals surface area contributed by atoms with Crippen molar-refractivity contribution in [2.24, 2.45) is 11.1 Å². The van der Waals surface area contributed by atoms with Crippen LogP contribution < -0.4 is 24.8 Å². The molecule has 47 heavy (non-hydrogen) atoms. The van der Waals surface area contributed by atoms with Crippen molar-refractivity contribution in [1.82, 2.24) is 4.98 Å². The number of methoxy groups -OCH3 is 1. The summed E-state index contributed by atoms with van der Waals surface area (Å²) in [5.41, 5.74) is 5.15. The number of rotatable bonds is 17. The molecule has 248 valence electrons. The third kappa shape index (κ3) is 7.96. The lowest BCUT2D eigenvalue weighted by molar-refractivity contribution is -0.133. The molecule has 0 radical (unpaired) electrons. The monoisotopic (exact) mass is 663 g/mol. The molecule has 0 spiro atoms. The Bertz CT molecular complexity index is 1720. The van der Waals surface area contributed by atoms with Crippen LogP contribution in [0.1, 0.15) is 57.8 Å². The van der Waals surface area contributed by atoms with Crippen molar-refractivity contribution in [1.29, 1.82) is 0 Å². The van der Waals surface area contributed by atoms with Crippen molar-refractivity contribution in [2.45, 2.75) is 57.8 Å². The van der Waals surface area contributed by atoms with Gasteiger partial charge in [-0.3, -0.25) is 19.5 Å². The maximum atomic E-state index is 15.6. The number of hydrogen-bond acceptors (Lipinski definition) is 7. The Kier molecular flexibility index (Phi) is 11.2. The summed E-state index contributed by atoms with van der Waals surface area (Å²) in [7, 11) is 1.55. The van der Waals surface area contributed by atoms with Gasteiger partial charge in [-0.15, -0.1) is 0 Å². The summed E-state index contributed by atoms with van der Waals surface area (Å²) in [5, 5.41) is 0.585. The molecule has 1 aliphatic carbocycles. The SMILES string of the molecule is COc1cc2c(Oc3ccc(N(C(=O)C4(C(N)=O)CC4)c4ccc(F)cc4)cc3F)ccnc2cc1OCCCCCCCCCS. The van der Waals surface area contributed by atoms with Gasteiger partial charge < -0.3 is 19.9 Å². The van der Waals surface area contributed by atoms with Gasteiger partial charge in [-0.05, 0) is 80.0 Å². The van der Waals surface area contributed by atoms with E-state index in [0.717, 1.165) is 31.1 Å². The lowest BCUT2D eigenvalue weighted by atomic mass is 10.0. The number of unbranched alkanes of at least 4 members (excludes halogenated alkanes) is 6. The largest absolute Gasteiger partial charge is 0.493 e. The number of nitrogens with zero attached hydrogens (tertiary/aromatic N) is 2. The average Bonchev–Trinajstić information content (AvgIpc) is 3.89.